The predicted octanol–water partition coefficient (Wildman–Crippen LogP) is 2.23. The van der Waals surface area contributed by atoms with Crippen LogP contribution in [0.15, 0.2) is 59.5 Å². The maximum absolute atomic E-state index is 12.8. The molecule has 1 aliphatic rings. The molecule has 0 amide bonds. The van der Waals surface area contributed by atoms with Crippen molar-refractivity contribution in [1.82, 2.24) is 4.31 Å². The number of carbonyl (C=O) groups excluding carboxylic acids is 1. The predicted molar refractivity (Wildman–Crippen MR) is 92.9 cm³/mol. The van der Waals surface area contributed by atoms with E-state index in [0.29, 0.717) is 25.1 Å². The summed E-state index contributed by atoms with van der Waals surface area (Å²) in [5.41, 5.74) is 7.03. The minimum Gasteiger partial charge on any atom is -0.399 e. The lowest BCUT2D eigenvalue weighted by Crippen LogP contribution is -2.41. The Hall–Kier alpha value is -2.18. The second-order valence-electron chi connectivity index (χ2n) is 5.97. The molecule has 6 heteroatoms. The second kappa shape index (κ2) is 6.75. The number of Topliss-reactive ketones (excluding diaryl/α,β-unsaturated/α-hetero) is 1. The molecule has 2 aromatic carbocycles. The van der Waals surface area contributed by atoms with Crippen molar-refractivity contribution in [2.45, 2.75) is 30.2 Å². The van der Waals surface area contributed by atoms with E-state index >= 15 is 0 Å². The Morgan fingerprint density at radius 2 is 1.75 bits per heavy atom. The maximum atomic E-state index is 12.8. The average molecular weight is 344 g/mol. The summed E-state index contributed by atoms with van der Waals surface area (Å²) in [6.45, 7) is 0.373. The van der Waals surface area contributed by atoms with Gasteiger partial charge in [-0.05, 0) is 42.7 Å². The number of carbonyl (C=O) groups is 1. The highest BCUT2D eigenvalue weighted by atomic mass is 32.2. The summed E-state index contributed by atoms with van der Waals surface area (Å²) in [6.07, 6.45) is 1.51. The Balaban J connectivity index is 1.82. The Morgan fingerprint density at radius 3 is 2.42 bits per heavy atom. The highest BCUT2D eigenvalue weighted by molar-refractivity contribution is 7.89. The molecule has 5 nitrogen and oxygen atoms in total. The third-order valence-electron chi connectivity index (χ3n) is 4.28. The van der Waals surface area contributed by atoms with Crippen LogP contribution >= 0.6 is 0 Å². The van der Waals surface area contributed by atoms with E-state index in [0.717, 1.165) is 5.56 Å². The number of nitrogens with zero attached hydrogens (tertiary/aromatic N) is 1. The lowest BCUT2D eigenvalue weighted by Gasteiger charge is -2.23. The smallest absolute Gasteiger partial charge is 0.243 e. The first-order chi connectivity index (χ1) is 11.5. The van der Waals surface area contributed by atoms with E-state index in [1.165, 1.54) is 16.4 Å². The van der Waals surface area contributed by atoms with E-state index in [1.807, 2.05) is 30.3 Å². The summed E-state index contributed by atoms with van der Waals surface area (Å²) in [4.78, 5) is 12.8. The van der Waals surface area contributed by atoms with Crippen molar-refractivity contribution in [2.24, 2.45) is 0 Å². The number of hydrogen-bond donors (Lipinski definition) is 1. The zero-order valence-electron chi connectivity index (χ0n) is 13.3. The van der Waals surface area contributed by atoms with Crippen LogP contribution in [0.1, 0.15) is 18.4 Å². The van der Waals surface area contributed by atoms with Crippen LogP contribution in [0, 0.1) is 0 Å². The van der Waals surface area contributed by atoms with Crippen LogP contribution in [0.2, 0.25) is 0 Å². The minimum atomic E-state index is -3.68. The van der Waals surface area contributed by atoms with E-state index in [4.69, 9.17) is 5.73 Å². The lowest BCUT2D eigenvalue weighted by molar-refractivity contribution is -0.121. The van der Waals surface area contributed by atoms with Gasteiger partial charge >= 0.3 is 0 Å². The van der Waals surface area contributed by atoms with E-state index in [9.17, 15) is 13.2 Å². The van der Waals surface area contributed by atoms with Crippen LogP contribution in [0.5, 0.6) is 0 Å². The van der Waals surface area contributed by atoms with Gasteiger partial charge in [0.1, 0.15) is 0 Å². The largest absolute Gasteiger partial charge is 0.399 e. The number of sulfonamides is 1. The first-order valence-corrected chi connectivity index (χ1v) is 9.36. The Labute approximate surface area is 142 Å². The molecule has 3 rings (SSSR count). The molecule has 0 spiro atoms. The van der Waals surface area contributed by atoms with E-state index in [2.05, 4.69) is 0 Å². The van der Waals surface area contributed by atoms with Crippen molar-refractivity contribution >= 4 is 21.5 Å². The van der Waals surface area contributed by atoms with E-state index in [1.54, 1.807) is 12.1 Å². The Bertz CT molecular complexity index is 817. The summed E-state index contributed by atoms with van der Waals surface area (Å²) in [7, 11) is -3.68. The lowest BCUT2D eigenvalue weighted by atomic mass is 10.0. The number of nitrogen functional groups attached to an aromatic ring is 1. The molecular weight excluding hydrogens is 324 g/mol. The molecular formula is C18H20N2O3S. The number of nitrogens with two attached hydrogens (primary N) is 1. The van der Waals surface area contributed by atoms with Crippen LogP contribution in [-0.4, -0.2) is 31.1 Å². The second-order valence-corrected chi connectivity index (χ2v) is 7.86. The molecule has 1 heterocycles. The van der Waals surface area contributed by atoms with Gasteiger partial charge in [0.05, 0.1) is 10.9 Å². The van der Waals surface area contributed by atoms with Crippen molar-refractivity contribution in [3.63, 3.8) is 0 Å². The zero-order chi connectivity index (χ0) is 17.2. The molecule has 2 N–H and O–H groups in total. The number of rotatable bonds is 5. The van der Waals surface area contributed by atoms with Crippen LogP contribution in [0.3, 0.4) is 0 Å². The molecule has 1 aliphatic heterocycles. The molecule has 0 saturated carbocycles. The monoisotopic (exact) mass is 344 g/mol. The minimum absolute atomic E-state index is 0.0577. The molecule has 0 bridgehead atoms. The van der Waals surface area contributed by atoms with Gasteiger partial charge in [-0.25, -0.2) is 8.42 Å². The van der Waals surface area contributed by atoms with Crippen LogP contribution in [0.4, 0.5) is 5.69 Å². The topological polar surface area (TPSA) is 80.5 Å². The highest BCUT2D eigenvalue weighted by Crippen LogP contribution is 2.27. The molecule has 1 fully saturated rings. The fourth-order valence-corrected chi connectivity index (χ4v) is 4.72. The van der Waals surface area contributed by atoms with Gasteiger partial charge in [-0.3, -0.25) is 4.79 Å². The van der Waals surface area contributed by atoms with Crippen LogP contribution in [0.25, 0.3) is 0 Å². The first kappa shape index (κ1) is 16.7. The van der Waals surface area contributed by atoms with Gasteiger partial charge in [0.25, 0.3) is 0 Å². The van der Waals surface area contributed by atoms with Crippen LogP contribution in [-0.2, 0) is 21.2 Å². The summed E-state index contributed by atoms with van der Waals surface area (Å²) < 4.78 is 27.0. The van der Waals surface area contributed by atoms with Gasteiger partial charge in [-0.2, -0.15) is 4.31 Å². The zero-order valence-corrected chi connectivity index (χ0v) is 14.1. The van der Waals surface area contributed by atoms with E-state index < -0.39 is 16.1 Å². The third-order valence-corrected chi connectivity index (χ3v) is 6.21. The van der Waals surface area contributed by atoms with Crippen LogP contribution < -0.4 is 5.73 Å². The fraction of sp³-hybridized carbons (Fsp3) is 0.278. The van der Waals surface area contributed by atoms with Crippen molar-refractivity contribution in [2.75, 3.05) is 12.3 Å². The molecule has 126 valence electrons. The molecule has 0 unspecified atom stereocenters. The molecule has 0 aromatic heterocycles. The van der Waals surface area contributed by atoms with Crippen molar-refractivity contribution in [1.29, 1.82) is 0 Å². The molecule has 1 saturated heterocycles. The molecule has 0 radical (unpaired) electrons. The number of ketones is 1. The van der Waals surface area contributed by atoms with Crippen molar-refractivity contribution < 1.29 is 13.2 Å². The molecule has 2 aromatic rings. The number of hydrogen-bond acceptors (Lipinski definition) is 4. The first-order valence-electron chi connectivity index (χ1n) is 7.92. The Morgan fingerprint density at radius 1 is 1.08 bits per heavy atom. The summed E-state index contributed by atoms with van der Waals surface area (Å²) >= 11 is 0. The van der Waals surface area contributed by atoms with Gasteiger partial charge in [-0.1, -0.05) is 30.3 Å². The van der Waals surface area contributed by atoms with Gasteiger partial charge in [0.15, 0.2) is 5.78 Å². The van der Waals surface area contributed by atoms with Gasteiger partial charge in [-0.15, -0.1) is 0 Å². The normalized spacial score (nSPS) is 18.6. The summed E-state index contributed by atoms with van der Waals surface area (Å²) in [5.74, 6) is -0.0577. The fourth-order valence-electron chi connectivity index (χ4n) is 3.04. The average Bonchev–Trinajstić information content (AvgIpc) is 3.07. The highest BCUT2D eigenvalue weighted by Gasteiger charge is 2.38. The summed E-state index contributed by atoms with van der Waals surface area (Å²) in [6, 6.07) is 14.9. The van der Waals surface area contributed by atoms with Crippen molar-refractivity contribution in [3.05, 3.63) is 60.2 Å². The van der Waals surface area contributed by atoms with Crippen molar-refractivity contribution in [3.8, 4) is 0 Å². The molecule has 24 heavy (non-hydrogen) atoms. The maximum Gasteiger partial charge on any atom is 0.243 e. The SMILES string of the molecule is Nc1ccc(S(=O)(=O)N2CCC[C@H]2C(=O)Cc2ccccc2)cc1. The number of anilines is 1. The Kier molecular flexibility index (Phi) is 4.69. The molecule has 0 aliphatic carbocycles. The third kappa shape index (κ3) is 3.34. The summed E-state index contributed by atoms with van der Waals surface area (Å²) in [5, 5.41) is 0. The quantitative estimate of drug-likeness (QED) is 0.844. The standard InChI is InChI=1S/C18H20N2O3S/c19-15-8-10-16(11-9-15)24(22,23)20-12-4-7-17(20)18(21)13-14-5-2-1-3-6-14/h1-3,5-6,8-11,17H,4,7,12-13,19H2/t17-/m0/s1. The van der Waals surface area contributed by atoms with Gasteiger partial charge in [0, 0.05) is 18.7 Å². The van der Waals surface area contributed by atoms with E-state index in [-0.39, 0.29) is 17.1 Å². The molecule has 1 atom stereocenters. The van der Waals surface area contributed by atoms with Gasteiger partial charge < -0.3 is 5.73 Å². The number of benzene rings is 2. The van der Waals surface area contributed by atoms with Gasteiger partial charge in [0.2, 0.25) is 10.0 Å².